The maximum atomic E-state index is 9.63. The summed E-state index contributed by atoms with van der Waals surface area (Å²) in [6.07, 6.45) is 3.54. The number of ether oxygens (including phenoxy) is 1. The number of hydrogen-bond acceptors (Lipinski definition) is 4. The Hall–Kier alpha value is -2.01. The number of H-pyrrole nitrogens is 1. The van der Waals surface area contributed by atoms with Crippen LogP contribution in [0.5, 0.6) is 11.5 Å². The summed E-state index contributed by atoms with van der Waals surface area (Å²) in [5.74, 6) is 1.60. The second-order valence-corrected chi connectivity index (χ2v) is 4.31. The highest BCUT2D eigenvalue weighted by molar-refractivity contribution is 5.41. The van der Waals surface area contributed by atoms with Crippen LogP contribution in [-0.2, 0) is 6.54 Å². The van der Waals surface area contributed by atoms with Crippen molar-refractivity contribution in [3.63, 3.8) is 0 Å². The zero-order valence-electron chi connectivity index (χ0n) is 11.2. The molecule has 0 fully saturated rings. The van der Waals surface area contributed by atoms with Gasteiger partial charge in [-0.05, 0) is 31.5 Å². The Morgan fingerprint density at radius 1 is 1.47 bits per heavy atom. The molecule has 0 aliphatic rings. The first-order valence-corrected chi connectivity index (χ1v) is 6.38. The van der Waals surface area contributed by atoms with E-state index in [1.807, 2.05) is 26.0 Å². The van der Waals surface area contributed by atoms with E-state index in [1.54, 1.807) is 18.5 Å². The van der Waals surface area contributed by atoms with Gasteiger partial charge in [0.1, 0.15) is 5.82 Å². The van der Waals surface area contributed by atoms with E-state index < -0.39 is 0 Å². The van der Waals surface area contributed by atoms with Crippen LogP contribution in [0, 0.1) is 0 Å². The van der Waals surface area contributed by atoms with Gasteiger partial charge in [-0.15, -0.1) is 0 Å². The molecule has 0 spiro atoms. The minimum atomic E-state index is 0.138. The Balaban J connectivity index is 1.97. The van der Waals surface area contributed by atoms with Gasteiger partial charge in [-0.3, -0.25) is 0 Å². The number of imidazole rings is 1. The topological polar surface area (TPSA) is 70.2 Å². The molecule has 0 amide bonds. The Bertz CT molecular complexity index is 511. The Labute approximate surface area is 112 Å². The van der Waals surface area contributed by atoms with E-state index in [0.29, 0.717) is 18.9 Å². The molecule has 0 aliphatic heterocycles. The quantitative estimate of drug-likeness (QED) is 0.746. The highest BCUT2D eigenvalue weighted by Gasteiger charge is 2.08. The van der Waals surface area contributed by atoms with Crippen molar-refractivity contribution in [2.75, 3.05) is 6.61 Å². The first-order chi connectivity index (χ1) is 9.20. The number of nitrogens with one attached hydrogen (secondary N) is 2. The highest BCUT2D eigenvalue weighted by Crippen LogP contribution is 2.26. The van der Waals surface area contributed by atoms with Gasteiger partial charge in [-0.2, -0.15) is 0 Å². The molecule has 0 aliphatic carbocycles. The van der Waals surface area contributed by atoms with Crippen LogP contribution in [0.3, 0.4) is 0 Å². The molecule has 0 radical (unpaired) electrons. The summed E-state index contributed by atoms with van der Waals surface area (Å²) >= 11 is 0. The number of phenols is 1. The van der Waals surface area contributed by atoms with Crippen molar-refractivity contribution >= 4 is 0 Å². The third-order valence-corrected chi connectivity index (χ3v) is 2.87. The highest BCUT2D eigenvalue weighted by atomic mass is 16.5. The summed E-state index contributed by atoms with van der Waals surface area (Å²) in [5, 5.41) is 13.0. The third kappa shape index (κ3) is 3.48. The van der Waals surface area contributed by atoms with Gasteiger partial charge in [0.15, 0.2) is 11.5 Å². The zero-order valence-corrected chi connectivity index (χ0v) is 11.2. The second kappa shape index (κ2) is 6.24. The number of nitrogens with zero attached hydrogens (tertiary/aromatic N) is 1. The molecule has 2 aromatic rings. The number of aromatic hydroxyl groups is 1. The summed E-state index contributed by atoms with van der Waals surface area (Å²) < 4.78 is 5.36. The fourth-order valence-electron chi connectivity index (χ4n) is 1.82. The van der Waals surface area contributed by atoms with Crippen LogP contribution >= 0.6 is 0 Å². The maximum absolute atomic E-state index is 9.63. The lowest BCUT2D eigenvalue weighted by Gasteiger charge is -2.13. The van der Waals surface area contributed by atoms with Crippen LogP contribution in [0.1, 0.15) is 31.3 Å². The van der Waals surface area contributed by atoms with Crippen molar-refractivity contribution < 1.29 is 9.84 Å². The van der Waals surface area contributed by atoms with Crippen molar-refractivity contribution in [1.82, 2.24) is 15.3 Å². The minimum Gasteiger partial charge on any atom is -0.504 e. The lowest BCUT2D eigenvalue weighted by molar-refractivity contribution is 0.317. The van der Waals surface area contributed by atoms with Gasteiger partial charge >= 0.3 is 0 Å². The molecule has 2 rings (SSSR count). The van der Waals surface area contributed by atoms with Crippen molar-refractivity contribution in [3.8, 4) is 11.5 Å². The first-order valence-electron chi connectivity index (χ1n) is 6.38. The van der Waals surface area contributed by atoms with Crippen molar-refractivity contribution in [2.45, 2.75) is 26.4 Å². The van der Waals surface area contributed by atoms with E-state index in [2.05, 4.69) is 15.3 Å². The molecule has 5 nitrogen and oxygen atoms in total. The summed E-state index contributed by atoms with van der Waals surface area (Å²) in [4.78, 5) is 7.28. The van der Waals surface area contributed by atoms with E-state index in [0.717, 1.165) is 11.4 Å². The Morgan fingerprint density at radius 2 is 2.32 bits per heavy atom. The molecule has 0 bridgehead atoms. The summed E-state index contributed by atoms with van der Waals surface area (Å²) in [6.45, 7) is 5.15. The van der Waals surface area contributed by atoms with Crippen LogP contribution < -0.4 is 10.1 Å². The van der Waals surface area contributed by atoms with Crippen molar-refractivity contribution in [1.29, 1.82) is 0 Å². The molecule has 1 atom stereocenters. The molecule has 1 aromatic heterocycles. The maximum Gasteiger partial charge on any atom is 0.161 e. The normalized spacial score (nSPS) is 12.3. The second-order valence-electron chi connectivity index (χ2n) is 4.31. The first kappa shape index (κ1) is 13.4. The van der Waals surface area contributed by atoms with E-state index in [9.17, 15) is 5.11 Å². The fourth-order valence-corrected chi connectivity index (χ4v) is 1.82. The fraction of sp³-hybridized carbons (Fsp3) is 0.357. The van der Waals surface area contributed by atoms with Gasteiger partial charge in [0, 0.05) is 18.9 Å². The molecular weight excluding hydrogens is 242 g/mol. The predicted octanol–water partition coefficient (Wildman–Crippen LogP) is 2.36. The summed E-state index contributed by atoms with van der Waals surface area (Å²) in [6, 6.07) is 5.51. The average molecular weight is 261 g/mol. The van der Waals surface area contributed by atoms with Gasteiger partial charge in [0.2, 0.25) is 0 Å². The summed E-state index contributed by atoms with van der Waals surface area (Å²) in [7, 11) is 0. The van der Waals surface area contributed by atoms with Crippen LogP contribution in [-0.4, -0.2) is 21.7 Å². The molecule has 1 heterocycles. The van der Waals surface area contributed by atoms with Gasteiger partial charge < -0.3 is 20.1 Å². The number of aromatic nitrogens is 2. The van der Waals surface area contributed by atoms with Gasteiger partial charge in [-0.25, -0.2) is 4.98 Å². The molecule has 102 valence electrons. The number of phenolic OH excluding ortho intramolecular Hbond substituents is 1. The van der Waals surface area contributed by atoms with Crippen LogP contribution in [0.15, 0.2) is 30.6 Å². The smallest absolute Gasteiger partial charge is 0.161 e. The number of hydrogen-bond donors (Lipinski definition) is 3. The Kier molecular flexibility index (Phi) is 4.41. The van der Waals surface area contributed by atoms with E-state index in [4.69, 9.17) is 4.74 Å². The molecule has 3 N–H and O–H groups in total. The van der Waals surface area contributed by atoms with E-state index in [1.165, 1.54) is 0 Å². The summed E-state index contributed by atoms with van der Waals surface area (Å²) in [5.41, 5.74) is 1.06. The van der Waals surface area contributed by atoms with E-state index in [-0.39, 0.29) is 11.8 Å². The van der Waals surface area contributed by atoms with Crippen LogP contribution in [0.2, 0.25) is 0 Å². The SMILES string of the molecule is CCOc1cc(CNC(C)c2ncc[nH]2)ccc1O. The Morgan fingerprint density at radius 3 is 3.00 bits per heavy atom. The number of aromatic amines is 1. The lowest BCUT2D eigenvalue weighted by Crippen LogP contribution is -2.19. The largest absolute Gasteiger partial charge is 0.504 e. The molecule has 1 aromatic carbocycles. The van der Waals surface area contributed by atoms with Crippen molar-refractivity contribution in [3.05, 3.63) is 42.0 Å². The van der Waals surface area contributed by atoms with Gasteiger partial charge in [0.05, 0.1) is 12.6 Å². The van der Waals surface area contributed by atoms with E-state index >= 15 is 0 Å². The van der Waals surface area contributed by atoms with Crippen LogP contribution in [0.4, 0.5) is 0 Å². The predicted molar refractivity (Wildman–Crippen MR) is 73.1 cm³/mol. The lowest BCUT2D eigenvalue weighted by atomic mass is 10.2. The van der Waals surface area contributed by atoms with Gasteiger partial charge in [0.25, 0.3) is 0 Å². The molecule has 5 heteroatoms. The third-order valence-electron chi connectivity index (χ3n) is 2.87. The standard InChI is InChI=1S/C14H19N3O2/c1-3-19-13-8-11(4-5-12(13)18)9-17-10(2)14-15-6-7-16-14/h4-8,10,17-18H,3,9H2,1-2H3,(H,15,16). The van der Waals surface area contributed by atoms with Gasteiger partial charge in [-0.1, -0.05) is 6.07 Å². The number of rotatable bonds is 6. The molecule has 1 unspecified atom stereocenters. The van der Waals surface area contributed by atoms with Crippen molar-refractivity contribution in [2.24, 2.45) is 0 Å². The molecule has 0 saturated carbocycles. The molecule has 0 saturated heterocycles. The monoisotopic (exact) mass is 261 g/mol. The number of benzene rings is 1. The molecular formula is C14H19N3O2. The molecule has 19 heavy (non-hydrogen) atoms. The minimum absolute atomic E-state index is 0.138. The van der Waals surface area contributed by atoms with Crippen LogP contribution in [0.25, 0.3) is 0 Å². The average Bonchev–Trinajstić information content (AvgIpc) is 2.93. The zero-order chi connectivity index (χ0) is 13.7.